The Kier molecular flexibility index (Phi) is 5.59. The van der Waals surface area contributed by atoms with Gasteiger partial charge in [-0.2, -0.15) is 0 Å². The Hall–Kier alpha value is -2.31. The molecule has 2 amide bonds. The van der Waals surface area contributed by atoms with Crippen molar-refractivity contribution in [2.24, 2.45) is 0 Å². The fourth-order valence-corrected chi connectivity index (χ4v) is 1.33. The van der Waals surface area contributed by atoms with Crippen LogP contribution in [-0.2, 0) is 14.3 Å². The Balaban J connectivity index is 2.24. The van der Waals surface area contributed by atoms with Crippen LogP contribution >= 0.6 is 0 Å². The number of carbonyl (C=O) groups excluding carboxylic acids is 3. The van der Waals surface area contributed by atoms with Gasteiger partial charge < -0.3 is 19.8 Å². The highest BCUT2D eigenvalue weighted by molar-refractivity contribution is 5.94. The molecule has 0 aliphatic carbocycles. The molecule has 104 valence electrons. The van der Waals surface area contributed by atoms with E-state index in [1.54, 1.807) is 0 Å². The molecule has 7 heteroatoms. The van der Waals surface area contributed by atoms with Gasteiger partial charge >= 0.3 is 5.97 Å². The molecular formula is C12H16N2O5. The third kappa shape index (κ3) is 4.82. The molecule has 0 aliphatic heterocycles. The van der Waals surface area contributed by atoms with Crippen LogP contribution in [0, 0.1) is 0 Å². The summed E-state index contributed by atoms with van der Waals surface area (Å²) in [4.78, 5) is 34.0. The number of rotatable bonds is 6. The second-order valence-corrected chi connectivity index (χ2v) is 3.83. The maximum Gasteiger partial charge on any atom is 0.328 e. The fourth-order valence-electron chi connectivity index (χ4n) is 1.33. The molecule has 1 heterocycles. The summed E-state index contributed by atoms with van der Waals surface area (Å²) in [6, 6.07) is 0.816. The van der Waals surface area contributed by atoms with E-state index in [1.807, 2.05) is 0 Å². The van der Waals surface area contributed by atoms with E-state index in [1.165, 1.54) is 32.6 Å². The average molecular weight is 268 g/mol. The average Bonchev–Trinajstić information content (AvgIpc) is 2.91. The second-order valence-electron chi connectivity index (χ2n) is 3.83. The van der Waals surface area contributed by atoms with Crippen molar-refractivity contribution < 1.29 is 23.5 Å². The number of esters is 1. The number of nitrogens with one attached hydrogen (secondary N) is 2. The summed E-state index contributed by atoms with van der Waals surface area (Å²) < 4.78 is 9.23. The van der Waals surface area contributed by atoms with Crippen LogP contribution in [0.1, 0.15) is 23.7 Å². The van der Waals surface area contributed by atoms with Crippen molar-refractivity contribution in [2.75, 3.05) is 13.7 Å². The van der Waals surface area contributed by atoms with Crippen LogP contribution in [0.2, 0.25) is 0 Å². The number of carbonyl (C=O) groups is 3. The van der Waals surface area contributed by atoms with Gasteiger partial charge in [0, 0.05) is 13.0 Å². The molecule has 0 radical (unpaired) electrons. The minimum absolute atomic E-state index is 0.0743. The minimum atomic E-state index is -0.706. The summed E-state index contributed by atoms with van der Waals surface area (Å²) in [5.41, 5.74) is 0.392. The van der Waals surface area contributed by atoms with Crippen LogP contribution in [-0.4, -0.2) is 37.5 Å². The number of furan rings is 1. The SMILES string of the molecule is COC(=O)[C@H](C)NC(=O)CCNC(=O)c1ccoc1. The van der Waals surface area contributed by atoms with Crippen molar-refractivity contribution in [3.05, 3.63) is 24.2 Å². The van der Waals surface area contributed by atoms with Gasteiger partial charge in [-0.3, -0.25) is 9.59 Å². The van der Waals surface area contributed by atoms with Crippen molar-refractivity contribution in [1.29, 1.82) is 0 Å². The van der Waals surface area contributed by atoms with E-state index in [-0.39, 0.29) is 24.8 Å². The van der Waals surface area contributed by atoms with E-state index in [0.717, 1.165) is 0 Å². The van der Waals surface area contributed by atoms with Crippen molar-refractivity contribution in [3.63, 3.8) is 0 Å². The van der Waals surface area contributed by atoms with E-state index in [2.05, 4.69) is 15.4 Å². The lowest BCUT2D eigenvalue weighted by atomic mass is 10.3. The van der Waals surface area contributed by atoms with Crippen LogP contribution in [0.15, 0.2) is 23.0 Å². The molecule has 0 unspecified atom stereocenters. The molecule has 1 aromatic heterocycles. The third-order valence-electron chi connectivity index (χ3n) is 2.35. The van der Waals surface area contributed by atoms with E-state index in [0.29, 0.717) is 5.56 Å². The van der Waals surface area contributed by atoms with Gasteiger partial charge in [-0.1, -0.05) is 0 Å². The Morgan fingerprint density at radius 3 is 2.74 bits per heavy atom. The molecule has 1 aromatic rings. The zero-order valence-corrected chi connectivity index (χ0v) is 10.8. The first-order valence-electron chi connectivity index (χ1n) is 5.72. The molecule has 0 aromatic carbocycles. The highest BCUT2D eigenvalue weighted by atomic mass is 16.5. The normalized spacial score (nSPS) is 11.5. The number of hydrogen-bond donors (Lipinski definition) is 2. The van der Waals surface area contributed by atoms with Gasteiger partial charge in [-0.15, -0.1) is 0 Å². The highest BCUT2D eigenvalue weighted by Crippen LogP contribution is 1.98. The molecule has 19 heavy (non-hydrogen) atoms. The standard InChI is InChI=1S/C12H16N2O5/c1-8(12(17)18-2)14-10(15)3-5-13-11(16)9-4-6-19-7-9/h4,6-8H,3,5H2,1-2H3,(H,13,16)(H,14,15)/t8-/m0/s1. The van der Waals surface area contributed by atoms with Crippen molar-refractivity contribution in [3.8, 4) is 0 Å². The highest BCUT2D eigenvalue weighted by Gasteiger charge is 2.15. The minimum Gasteiger partial charge on any atom is -0.472 e. The number of amides is 2. The van der Waals surface area contributed by atoms with Gasteiger partial charge in [-0.25, -0.2) is 4.79 Å². The molecule has 0 saturated carbocycles. The first-order chi connectivity index (χ1) is 9.04. The largest absolute Gasteiger partial charge is 0.472 e. The smallest absolute Gasteiger partial charge is 0.328 e. The second kappa shape index (κ2) is 7.20. The predicted octanol–water partition coefficient (Wildman–Crippen LogP) is 0.0772. The van der Waals surface area contributed by atoms with Crippen molar-refractivity contribution in [1.82, 2.24) is 10.6 Å². The first-order valence-corrected chi connectivity index (χ1v) is 5.72. The molecule has 0 aliphatic rings. The number of hydrogen-bond acceptors (Lipinski definition) is 5. The molecule has 0 saturated heterocycles. The van der Waals surface area contributed by atoms with E-state index >= 15 is 0 Å². The summed E-state index contributed by atoms with van der Waals surface area (Å²) in [5.74, 6) is -1.18. The van der Waals surface area contributed by atoms with Crippen LogP contribution in [0.3, 0.4) is 0 Å². The van der Waals surface area contributed by atoms with E-state index < -0.39 is 12.0 Å². The zero-order valence-electron chi connectivity index (χ0n) is 10.8. The maximum atomic E-state index is 11.5. The molecule has 0 bridgehead atoms. The lowest BCUT2D eigenvalue weighted by molar-refractivity contribution is -0.144. The van der Waals surface area contributed by atoms with Crippen LogP contribution in [0.5, 0.6) is 0 Å². The molecule has 0 fully saturated rings. The predicted molar refractivity (Wildman–Crippen MR) is 65.3 cm³/mol. The third-order valence-corrected chi connectivity index (χ3v) is 2.35. The first kappa shape index (κ1) is 14.7. The topological polar surface area (TPSA) is 97.6 Å². The lowest BCUT2D eigenvalue weighted by Gasteiger charge is -2.11. The van der Waals surface area contributed by atoms with Crippen LogP contribution in [0.4, 0.5) is 0 Å². The lowest BCUT2D eigenvalue weighted by Crippen LogP contribution is -2.40. The quantitative estimate of drug-likeness (QED) is 0.712. The summed E-state index contributed by atoms with van der Waals surface area (Å²) in [5, 5.41) is 5.01. The van der Waals surface area contributed by atoms with E-state index in [9.17, 15) is 14.4 Å². The Bertz CT molecular complexity index is 441. The molecular weight excluding hydrogens is 252 g/mol. The van der Waals surface area contributed by atoms with Gasteiger partial charge in [0.15, 0.2) is 0 Å². The molecule has 1 rings (SSSR count). The summed E-state index contributed by atoms with van der Waals surface area (Å²) >= 11 is 0. The molecule has 0 spiro atoms. The van der Waals surface area contributed by atoms with Gasteiger partial charge in [0.1, 0.15) is 12.3 Å². The van der Waals surface area contributed by atoms with Crippen LogP contribution in [0.25, 0.3) is 0 Å². The fraction of sp³-hybridized carbons (Fsp3) is 0.417. The molecule has 7 nitrogen and oxygen atoms in total. The summed E-state index contributed by atoms with van der Waals surface area (Å²) in [7, 11) is 1.25. The molecule has 1 atom stereocenters. The van der Waals surface area contributed by atoms with Gasteiger partial charge in [-0.05, 0) is 13.0 Å². The zero-order chi connectivity index (χ0) is 14.3. The van der Waals surface area contributed by atoms with Crippen LogP contribution < -0.4 is 10.6 Å². The Morgan fingerprint density at radius 2 is 2.16 bits per heavy atom. The summed E-state index contributed by atoms with van der Waals surface area (Å²) in [6.07, 6.45) is 2.78. The van der Waals surface area contributed by atoms with Crippen molar-refractivity contribution in [2.45, 2.75) is 19.4 Å². The molecule has 2 N–H and O–H groups in total. The monoisotopic (exact) mass is 268 g/mol. The van der Waals surface area contributed by atoms with Crippen molar-refractivity contribution >= 4 is 17.8 Å². The van der Waals surface area contributed by atoms with Gasteiger partial charge in [0.25, 0.3) is 5.91 Å². The van der Waals surface area contributed by atoms with Gasteiger partial charge in [0.05, 0.1) is 18.9 Å². The van der Waals surface area contributed by atoms with Gasteiger partial charge in [0.2, 0.25) is 5.91 Å². The maximum absolute atomic E-state index is 11.5. The Labute approximate surface area is 110 Å². The number of ether oxygens (including phenoxy) is 1. The summed E-state index contributed by atoms with van der Waals surface area (Å²) in [6.45, 7) is 1.69. The van der Waals surface area contributed by atoms with E-state index in [4.69, 9.17) is 4.42 Å². The number of methoxy groups -OCH3 is 1. The Morgan fingerprint density at radius 1 is 1.42 bits per heavy atom.